The van der Waals surface area contributed by atoms with Gasteiger partial charge in [-0.1, -0.05) is 0 Å². The SMILES string of the molecule is COCCNc1ccnc(C(=O)Nc2ccc(C#N)cc2)c1. The van der Waals surface area contributed by atoms with Crippen LogP contribution in [0.1, 0.15) is 16.1 Å². The second-order valence-electron chi connectivity index (χ2n) is 4.49. The number of nitriles is 1. The maximum atomic E-state index is 12.2. The van der Waals surface area contributed by atoms with Crippen molar-refractivity contribution in [3.63, 3.8) is 0 Å². The molecule has 0 aliphatic heterocycles. The summed E-state index contributed by atoms with van der Waals surface area (Å²) in [6.07, 6.45) is 1.57. The van der Waals surface area contributed by atoms with E-state index >= 15 is 0 Å². The van der Waals surface area contributed by atoms with Crippen molar-refractivity contribution in [2.75, 3.05) is 30.9 Å². The summed E-state index contributed by atoms with van der Waals surface area (Å²) >= 11 is 0. The molecule has 0 saturated heterocycles. The smallest absolute Gasteiger partial charge is 0.274 e. The molecule has 0 unspecified atom stereocenters. The van der Waals surface area contributed by atoms with E-state index in [9.17, 15) is 4.79 Å². The summed E-state index contributed by atoms with van der Waals surface area (Å²) in [5, 5.41) is 14.6. The van der Waals surface area contributed by atoms with Gasteiger partial charge < -0.3 is 15.4 Å². The third-order valence-corrected chi connectivity index (χ3v) is 2.90. The van der Waals surface area contributed by atoms with Crippen molar-refractivity contribution in [3.05, 3.63) is 53.9 Å². The lowest BCUT2D eigenvalue weighted by molar-refractivity contribution is 0.102. The van der Waals surface area contributed by atoms with E-state index in [0.29, 0.717) is 30.1 Å². The zero-order valence-electron chi connectivity index (χ0n) is 12.2. The summed E-state index contributed by atoms with van der Waals surface area (Å²) in [7, 11) is 1.63. The molecule has 6 nitrogen and oxygen atoms in total. The highest BCUT2D eigenvalue weighted by atomic mass is 16.5. The molecule has 2 aromatic rings. The summed E-state index contributed by atoms with van der Waals surface area (Å²) in [6, 6.07) is 12.1. The number of anilines is 2. The number of amides is 1. The third-order valence-electron chi connectivity index (χ3n) is 2.90. The van der Waals surface area contributed by atoms with E-state index in [-0.39, 0.29) is 5.91 Å². The van der Waals surface area contributed by atoms with Crippen LogP contribution in [0, 0.1) is 11.3 Å². The van der Waals surface area contributed by atoms with Gasteiger partial charge in [0.25, 0.3) is 5.91 Å². The molecule has 22 heavy (non-hydrogen) atoms. The number of carbonyl (C=O) groups excluding carboxylic acids is 1. The summed E-state index contributed by atoms with van der Waals surface area (Å²) in [6.45, 7) is 1.23. The maximum Gasteiger partial charge on any atom is 0.274 e. The van der Waals surface area contributed by atoms with Crippen molar-refractivity contribution >= 4 is 17.3 Å². The zero-order chi connectivity index (χ0) is 15.8. The molecule has 0 aliphatic rings. The molecule has 1 heterocycles. The lowest BCUT2D eigenvalue weighted by atomic mass is 10.2. The Kier molecular flexibility index (Phi) is 5.46. The van der Waals surface area contributed by atoms with E-state index in [4.69, 9.17) is 10.00 Å². The first kappa shape index (κ1) is 15.5. The van der Waals surface area contributed by atoms with E-state index in [1.165, 1.54) is 0 Å². The molecular weight excluding hydrogens is 280 g/mol. The molecule has 2 N–H and O–H groups in total. The largest absolute Gasteiger partial charge is 0.383 e. The van der Waals surface area contributed by atoms with Gasteiger partial charge in [0.1, 0.15) is 5.69 Å². The molecule has 0 spiro atoms. The first-order valence-electron chi connectivity index (χ1n) is 6.73. The van der Waals surface area contributed by atoms with Gasteiger partial charge in [-0.25, -0.2) is 0 Å². The minimum absolute atomic E-state index is 0.305. The van der Waals surface area contributed by atoms with Gasteiger partial charge in [-0.05, 0) is 36.4 Å². The lowest BCUT2D eigenvalue weighted by Gasteiger charge is -2.08. The van der Waals surface area contributed by atoms with Crippen LogP contribution >= 0.6 is 0 Å². The van der Waals surface area contributed by atoms with Gasteiger partial charge in [0.05, 0.1) is 18.2 Å². The maximum absolute atomic E-state index is 12.2. The second-order valence-corrected chi connectivity index (χ2v) is 4.49. The Balaban J connectivity index is 2.02. The molecule has 0 aliphatic carbocycles. The van der Waals surface area contributed by atoms with Crippen molar-refractivity contribution < 1.29 is 9.53 Å². The van der Waals surface area contributed by atoms with Crippen LogP contribution in [0.15, 0.2) is 42.6 Å². The van der Waals surface area contributed by atoms with Gasteiger partial charge in [0, 0.05) is 31.2 Å². The Morgan fingerprint density at radius 3 is 2.73 bits per heavy atom. The van der Waals surface area contributed by atoms with Crippen molar-refractivity contribution in [1.82, 2.24) is 4.98 Å². The molecule has 1 aromatic heterocycles. The van der Waals surface area contributed by atoms with Crippen LogP contribution in [-0.4, -0.2) is 31.2 Å². The topological polar surface area (TPSA) is 87.0 Å². The van der Waals surface area contributed by atoms with E-state index in [1.807, 2.05) is 6.07 Å². The number of carbonyl (C=O) groups is 1. The third kappa shape index (κ3) is 4.30. The van der Waals surface area contributed by atoms with Gasteiger partial charge in [0.15, 0.2) is 0 Å². The highest BCUT2D eigenvalue weighted by Gasteiger charge is 2.08. The predicted octanol–water partition coefficient (Wildman–Crippen LogP) is 2.26. The summed E-state index contributed by atoms with van der Waals surface area (Å²) in [5.74, 6) is -0.305. The van der Waals surface area contributed by atoms with Crippen LogP contribution in [0.5, 0.6) is 0 Å². The fourth-order valence-corrected chi connectivity index (χ4v) is 1.79. The fourth-order valence-electron chi connectivity index (χ4n) is 1.79. The normalized spacial score (nSPS) is 9.82. The van der Waals surface area contributed by atoms with E-state index in [2.05, 4.69) is 15.6 Å². The van der Waals surface area contributed by atoms with Gasteiger partial charge >= 0.3 is 0 Å². The van der Waals surface area contributed by atoms with E-state index in [1.54, 1.807) is 49.7 Å². The summed E-state index contributed by atoms with van der Waals surface area (Å²) < 4.78 is 4.96. The van der Waals surface area contributed by atoms with Gasteiger partial charge in [-0.15, -0.1) is 0 Å². The highest BCUT2D eigenvalue weighted by molar-refractivity contribution is 6.03. The predicted molar refractivity (Wildman–Crippen MR) is 83.7 cm³/mol. The molecule has 0 radical (unpaired) electrons. The van der Waals surface area contributed by atoms with Gasteiger partial charge in [0.2, 0.25) is 0 Å². The molecule has 0 atom stereocenters. The van der Waals surface area contributed by atoms with Gasteiger partial charge in [-0.3, -0.25) is 9.78 Å². The molecule has 1 aromatic carbocycles. The van der Waals surface area contributed by atoms with Crippen LogP contribution < -0.4 is 10.6 Å². The quantitative estimate of drug-likeness (QED) is 0.798. The number of aromatic nitrogens is 1. The molecule has 1 amide bonds. The highest BCUT2D eigenvalue weighted by Crippen LogP contribution is 2.12. The first-order valence-corrected chi connectivity index (χ1v) is 6.73. The minimum atomic E-state index is -0.305. The second kappa shape index (κ2) is 7.76. The van der Waals surface area contributed by atoms with Crippen molar-refractivity contribution in [1.29, 1.82) is 5.26 Å². The van der Waals surface area contributed by atoms with Crippen molar-refractivity contribution in [2.24, 2.45) is 0 Å². The molecule has 6 heteroatoms. The molecule has 112 valence electrons. The Bertz CT molecular complexity index is 677. The Labute approximate surface area is 128 Å². The van der Waals surface area contributed by atoms with Crippen molar-refractivity contribution in [3.8, 4) is 6.07 Å². The summed E-state index contributed by atoms with van der Waals surface area (Å²) in [5.41, 5.74) is 2.27. The molecule has 0 fully saturated rings. The molecule has 0 saturated carbocycles. The molecule has 2 rings (SSSR count). The zero-order valence-corrected chi connectivity index (χ0v) is 12.2. The lowest BCUT2D eigenvalue weighted by Crippen LogP contribution is -2.14. The van der Waals surface area contributed by atoms with E-state index < -0.39 is 0 Å². The molecule has 0 bridgehead atoms. The number of benzene rings is 1. The Morgan fingerprint density at radius 1 is 1.27 bits per heavy atom. The number of hydrogen-bond acceptors (Lipinski definition) is 5. The fraction of sp³-hybridized carbons (Fsp3) is 0.188. The van der Waals surface area contributed by atoms with Crippen LogP contribution in [0.2, 0.25) is 0 Å². The number of nitrogens with one attached hydrogen (secondary N) is 2. The Morgan fingerprint density at radius 2 is 2.05 bits per heavy atom. The first-order chi connectivity index (χ1) is 10.7. The number of ether oxygens (including phenoxy) is 1. The average Bonchev–Trinajstić information content (AvgIpc) is 2.56. The average molecular weight is 296 g/mol. The van der Waals surface area contributed by atoms with Crippen LogP contribution in [-0.2, 0) is 4.74 Å². The number of pyridine rings is 1. The number of nitrogens with zero attached hydrogens (tertiary/aromatic N) is 2. The van der Waals surface area contributed by atoms with E-state index in [0.717, 1.165) is 5.69 Å². The van der Waals surface area contributed by atoms with Crippen LogP contribution in [0.25, 0.3) is 0 Å². The van der Waals surface area contributed by atoms with Crippen molar-refractivity contribution in [2.45, 2.75) is 0 Å². The van der Waals surface area contributed by atoms with Crippen LogP contribution in [0.3, 0.4) is 0 Å². The standard InChI is InChI=1S/C16H16N4O2/c1-22-9-8-18-14-6-7-19-15(10-14)16(21)20-13-4-2-12(11-17)3-5-13/h2-7,10H,8-9H2,1H3,(H,18,19)(H,20,21). The summed E-state index contributed by atoms with van der Waals surface area (Å²) in [4.78, 5) is 16.2. The monoisotopic (exact) mass is 296 g/mol. The van der Waals surface area contributed by atoms with Gasteiger partial charge in [-0.2, -0.15) is 5.26 Å². The molecular formula is C16H16N4O2. The Hall–Kier alpha value is -2.91. The van der Waals surface area contributed by atoms with Crippen LogP contribution in [0.4, 0.5) is 11.4 Å². The number of methoxy groups -OCH3 is 1. The number of hydrogen-bond donors (Lipinski definition) is 2. The number of rotatable bonds is 6. The minimum Gasteiger partial charge on any atom is -0.383 e.